The molecule has 0 aromatic heterocycles. The molecular weight excluding hydrogens is 248 g/mol. The van der Waals surface area contributed by atoms with E-state index in [9.17, 15) is 5.11 Å². The van der Waals surface area contributed by atoms with Gasteiger partial charge in [0.15, 0.2) is 0 Å². The summed E-state index contributed by atoms with van der Waals surface area (Å²) >= 11 is 6.11. The Morgan fingerprint density at radius 2 is 1.67 bits per heavy atom. The van der Waals surface area contributed by atoms with Crippen LogP contribution in [0.1, 0.15) is 11.5 Å². The minimum atomic E-state index is -0.112. The minimum Gasteiger partial charge on any atom is -0.493 e. The lowest BCUT2D eigenvalue weighted by Gasteiger charge is -2.16. The molecule has 1 N–H and O–H groups in total. The van der Waals surface area contributed by atoms with Gasteiger partial charge >= 0.3 is 0 Å². The lowest BCUT2D eigenvalue weighted by molar-refractivity contribution is 0.205. The van der Waals surface area contributed by atoms with E-state index in [1.165, 1.54) is 0 Å². The van der Waals surface area contributed by atoms with Gasteiger partial charge in [0.1, 0.15) is 5.75 Å². The highest BCUT2D eigenvalue weighted by molar-refractivity contribution is 6.31. The van der Waals surface area contributed by atoms with Crippen LogP contribution in [-0.2, 0) is 0 Å². The average Bonchev–Trinajstić information content (AvgIpc) is 2.42. The third-order valence-electron chi connectivity index (χ3n) is 2.76. The monoisotopic (exact) mass is 262 g/mol. The molecule has 0 saturated heterocycles. The standard InChI is InChI=1S/C15H15ClO2/c16-15-9-5-4-8-14(15)12(10-17)11-18-13-6-2-1-3-7-13/h1-9,12,17H,10-11H2. The summed E-state index contributed by atoms with van der Waals surface area (Å²) in [5, 5.41) is 10.1. The van der Waals surface area contributed by atoms with Crippen molar-refractivity contribution in [3.8, 4) is 5.75 Å². The number of hydrogen-bond acceptors (Lipinski definition) is 2. The van der Waals surface area contributed by atoms with Crippen LogP contribution in [0.4, 0.5) is 0 Å². The molecule has 2 aromatic rings. The molecule has 0 amide bonds. The molecule has 94 valence electrons. The van der Waals surface area contributed by atoms with Gasteiger partial charge in [-0.25, -0.2) is 0 Å². The Kier molecular flexibility index (Phi) is 4.62. The first-order chi connectivity index (χ1) is 8.81. The Morgan fingerprint density at radius 3 is 2.33 bits per heavy atom. The number of halogens is 1. The summed E-state index contributed by atoms with van der Waals surface area (Å²) in [7, 11) is 0. The fourth-order valence-corrected chi connectivity index (χ4v) is 2.05. The van der Waals surface area contributed by atoms with Gasteiger partial charge in [-0.1, -0.05) is 48.0 Å². The SMILES string of the molecule is OCC(COc1ccccc1)c1ccccc1Cl. The molecule has 0 heterocycles. The van der Waals surface area contributed by atoms with E-state index in [4.69, 9.17) is 16.3 Å². The second-order valence-corrected chi connectivity index (χ2v) is 4.43. The number of aliphatic hydroxyl groups is 1. The summed E-state index contributed by atoms with van der Waals surface area (Å²) in [6, 6.07) is 17.1. The van der Waals surface area contributed by atoms with Gasteiger partial charge in [-0.3, -0.25) is 0 Å². The molecule has 0 bridgehead atoms. The summed E-state index contributed by atoms with van der Waals surface area (Å²) in [6.07, 6.45) is 0. The number of aliphatic hydroxyl groups excluding tert-OH is 1. The molecule has 0 spiro atoms. The molecule has 0 aliphatic heterocycles. The quantitative estimate of drug-likeness (QED) is 0.894. The van der Waals surface area contributed by atoms with Crippen molar-refractivity contribution in [3.05, 3.63) is 65.2 Å². The predicted molar refractivity (Wildman–Crippen MR) is 73.2 cm³/mol. The van der Waals surface area contributed by atoms with Crippen LogP contribution in [0.2, 0.25) is 5.02 Å². The van der Waals surface area contributed by atoms with Gasteiger partial charge in [-0.2, -0.15) is 0 Å². The van der Waals surface area contributed by atoms with Gasteiger partial charge in [-0.15, -0.1) is 0 Å². The summed E-state index contributed by atoms with van der Waals surface area (Å²) in [6.45, 7) is 0.417. The maximum Gasteiger partial charge on any atom is 0.119 e. The number of benzene rings is 2. The Hall–Kier alpha value is -1.51. The van der Waals surface area contributed by atoms with Crippen LogP contribution in [0, 0.1) is 0 Å². The first-order valence-electron chi connectivity index (χ1n) is 5.84. The van der Waals surface area contributed by atoms with Crippen molar-refractivity contribution >= 4 is 11.6 Å². The summed E-state index contributed by atoms with van der Waals surface area (Å²) in [5.41, 5.74) is 0.914. The molecule has 2 aromatic carbocycles. The van der Waals surface area contributed by atoms with Crippen LogP contribution in [0.15, 0.2) is 54.6 Å². The lowest BCUT2D eigenvalue weighted by Crippen LogP contribution is -2.14. The topological polar surface area (TPSA) is 29.5 Å². The molecule has 1 atom stereocenters. The Bertz CT molecular complexity index is 485. The van der Waals surface area contributed by atoms with E-state index in [1.807, 2.05) is 54.6 Å². The van der Waals surface area contributed by atoms with E-state index in [0.717, 1.165) is 11.3 Å². The zero-order valence-electron chi connectivity index (χ0n) is 9.92. The third kappa shape index (κ3) is 3.25. The Labute approximate surface area is 112 Å². The van der Waals surface area contributed by atoms with Crippen molar-refractivity contribution in [2.45, 2.75) is 5.92 Å². The van der Waals surface area contributed by atoms with Crippen LogP contribution in [0.25, 0.3) is 0 Å². The number of rotatable bonds is 5. The lowest BCUT2D eigenvalue weighted by atomic mass is 10.0. The fourth-order valence-electron chi connectivity index (χ4n) is 1.76. The van der Waals surface area contributed by atoms with E-state index in [-0.39, 0.29) is 12.5 Å². The zero-order chi connectivity index (χ0) is 12.8. The van der Waals surface area contributed by atoms with Crippen molar-refractivity contribution in [1.29, 1.82) is 0 Å². The normalized spacial score (nSPS) is 12.1. The van der Waals surface area contributed by atoms with Crippen LogP contribution < -0.4 is 4.74 Å². The van der Waals surface area contributed by atoms with Crippen molar-refractivity contribution in [3.63, 3.8) is 0 Å². The molecular formula is C15H15ClO2. The summed E-state index contributed by atoms with van der Waals surface area (Å²) in [5.74, 6) is 0.682. The molecule has 2 rings (SSSR count). The Balaban J connectivity index is 2.04. The van der Waals surface area contributed by atoms with E-state index >= 15 is 0 Å². The van der Waals surface area contributed by atoms with E-state index < -0.39 is 0 Å². The Morgan fingerprint density at radius 1 is 1.00 bits per heavy atom. The molecule has 3 heteroatoms. The highest BCUT2D eigenvalue weighted by Crippen LogP contribution is 2.25. The summed E-state index contributed by atoms with van der Waals surface area (Å²) < 4.78 is 5.65. The zero-order valence-corrected chi connectivity index (χ0v) is 10.7. The molecule has 0 aliphatic carbocycles. The van der Waals surface area contributed by atoms with Gasteiger partial charge in [-0.05, 0) is 23.8 Å². The maximum absolute atomic E-state index is 9.44. The van der Waals surface area contributed by atoms with Crippen molar-refractivity contribution < 1.29 is 9.84 Å². The first-order valence-corrected chi connectivity index (χ1v) is 6.22. The second-order valence-electron chi connectivity index (χ2n) is 4.03. The van der Waals surface area contributed by atoms with E-state index in [1.54, 1.807) is 0 Å². The minimum absolute atomic E-state index is 0.0105. The maximum atomic E-state index is 9.44. The molecule has 1 unspecified atom stereocenters. The highest BCUT2D eigenvalue weighted by Gasteiger charge is 2.14. The van der Waals surface area contributed by atoms with E-state index in [2.05, 4.69) is 0 Å². The number of para-hydroxylation sites is 1. The van der Waals surface area contributed by atoms with Gasteiger partial charge in [0.25, 0.3) is 0 Å². The van der Waals surface area contributed by atoms with Gasteiger partial charge in [0.05, 0.1) is 13.2 Å². The summed E-state index contributed by atoms with van der Waals surface area (Å²) in [4.78, 5) is 0. The van der Waals surface area contributed by atoms with Gasteiger partial charge in [0.2, 0.25) is 0 Å². The molecule has 0 fully saturated rings. The molecule has 18 heavy (non-hydrogen) atoms. The molecule has 2 nitrogen and oxygen atoms in total. The number of ether oxygens (including phenoxy) is 1. The fraction of sp³-hybridized carbons (Fsp3) is 0.200. The van der Waals surface area contributed by atoms with Crippen molar-refractivity contribution in [2.24, 2.45) is 0 Å². The smallest absolute Gasteiger partial charge is 0.119 e. The van der Waals surface area contributed by atoms with Crippen molar-refractivity contribution in [2.75, 3.05) is 13.2 Å². The molecule has 0 aliphatic rings. The first kappa shape index (κ1) is 12.9. The van der Waals surface area contributed by atoms with E-state index in [0.29, 0.717) is 11.6 Å². The van der Waals surface area contributed by atoms with Crippen LogP contribution in [0.5, 0.6) is 5.75 Å². The van der Waals surface area contributed by atoms with Crippen LogP contribution in [-0.4, -0.2) is 18.3 Å². The second kappa shape index (κ2) is 6.43. The largest absolute Gasteiger partial charge is 0.493 e. The van der Waals surface area contributed by atoms with Crippen LogP contribution >= 0.6 is 11.6 Å². The van der Waals surface area contributed by atoms with Gasteiger partial charge in [0, 0.05) is 10.9 Å². The average molecular weight is 263 g/mol. The third-order valence-corrected chi connectivity index (χ3v) is 3.10. The van der Waals surface area contributed by atoms with Crippen LogP contribution in [0.3, 0.4) is 0 Å². The highest BCUT2D eigenvalue weighted by atomic mass is 35.5. The predicted octanol–water partition coefficient (Wildman–Crippen LogP) is 3.49. The number of hydrogen-bond donors (Lipinski definition) is 1. The van der Waals surface area contributed by atoms with Gasteiger partial charge < -0.3 is 9.84 Å². The molecule has 0 saturated carbocycles. The molecule has 0 radical (unpaired) electrons. The van der Waals surface area contributed by atoms with Crippen molar-refractivity contribution in [1.82, 2.24) is 0 Å².